The number of ether oxygens (including phenoxy) is 2. The lowest BCUT2D eigenvalue weighted by Gasteiger charge is -2.37. The van der Waals surface area contributed by atoms with Crippen LogP contribution in [-0.2, 0) is 11.3 Å². The number of piperidine rings is 1. The SMILES string of the molecule is CN=C(NCC1CCN(Cc2ccc(OC)cc2)CC1)NCC(C(C)C)N1CCOCC1.I. The van der Waals surface area contributed by atoms with Crippen LogP contribution < -0.4 is 15.4 Å². The van der Waals surface area contributed by atoms with Gasteiger partial charge in [0.25, 0.3) is 0 Å². The van der Waals surface area contributed by atoms with Crippen molar-refractivity contribution in [3.05, 3.63) is 29.8 Å². The first-order chi connectivity index (χ1) is 15.6. The van der Waals surface area contributed by atoms with Crippen LogP contribution in [0.5, 0.6) is 5.75 Å². The van der Waals surface area contributed by atoms with Gasteiger partial charge in [0.2, 0.25) is 0 Å². The lowest BCUT2D eigenvalue weighted by atomic mass is 9.96. The molecule has 0 aromatic heterocycles. The maximum Gasteiger partial charge on any atom is 0.191 e. The number of nitrogens with one attached hydrogen (secondary N) is 2. The van der Waals surface area contributed by atoms with Gasteiger partial charge in [-0.1, -0.05) is 26.0 Å². The van der Waals surface area contributed by atoms with Crippen LogP contribution in [0.4, 0.5) is 0 Å². The van der Waals surface area contributed by atoms with Gasteiger partial charge in [0.15, 0.2) is 5.96 Å². The highest BCUT2D eigenvalue weighted by Gasteiger charge is 2.24. The van der Waals surface area contributed by atoms with Crippen molar-refractivity contribution >= 4 is 29.9 Å². The highest BCUT2D eigenvalue weighted by molar-refractivity contribution is 14.0. The monoisotopic (exact) mass is 573 g/mol. The number of methoxy groups -OCH3 is 1. The normalized spacial score (nSPS) is 19.7. The second kappa shape index (κ2) is 15.0. The third kappa shape index (κ3) is 9.22. The van der Waals surface area contributed by atoms with Gasteiger partial charge in [-0.25, -0.2) is 0 Å². The van der Waals surface area contributed by atoms with Gasteiger partial charge in [-0.05, 0) is 55.5 Å². The van der Waals surface area contributed by atoms with E-state index in [1.807, 2.05) is 19.2 Å². The second-order valence-electron chi connectivity index (χ2n) is 9.36. The van der Waals surface area contributed by atoms with Crippen LogP contribution in [0.1, 0.15) is 32.3 Å². The molecule has 1 aromatic rings. The van der Waals surface area contributed by atoms with Gasteiger partial charge in [-0.3, -0.25) is 14.8 Å². The van der Waals surface area contributed by atoms with Crippen LogP contribution >= 0.6 is 24.0 Å². The van der Waals surface area contributed by atoms with Crippen LogP contribution in [0, 0.1) is 11.8 Å². The van der Waals surface area contributed by atoms with Crippen LogP contribution in [-0.4, -0.2) is 88.4 Å². The Morgan fingerprint density at radius 2 is 1.76 bits per heavy atom. The van der Waals surface area contributed by atoms with Crippen molar-refractivity contribution < 1.29 is 9.47 Å². The van der Waals surface area contributed by atoms with Gasteiger partial charge in [-0.15, -0.1) is 24.0 Å². The summed E-state index contributed by atoms with van der Waals surface area (Å²) in [5, 5.41) is 7.15. The molecule has 0 radical (unpaired) electrons. The number of likely N-dealkylation sites (tertiary alicyclic amines) is 1. The standard InChI is InChI=1S/C25H43N5O2.HI/c1-20(2)24(30-13-15-32-16-14-30)18-28-25(26-3)27-17-21-9-11-29(12-10-21)19-22-5-7-23(31-4)8-6-22;/h5-8,20-21,24H,9-19H2,1-4H3,(H2,26,27,28);1H. The Morgan fingerprint density at radius 1 is 1.09 bits per heavy atom. The summed E-state index contributed by atoms with van der Waals surface area (Å²) in [4.78, 5) is 9.57. The molecule has 2 N–H and O–H groups in total. The molecule has 188 valence electrons. The van der Waals surface area contributed by atoms with Crippen molar-refractivity contribution in [1.82, 2.24) is 20.4 Å². The van der Waals surface area contributed by atoms with Crippen LogP contribution in [0.3, 0.4) is 0 Å². The molecular weight excluding hydrogens is 529 g/mol. The molecule has 2 saturated heterocycles. The van der Waals surface area contributed by atoms with Gasteiger partial charge < -0.3 is 20.1 Å². The van der Waals surface area contributed by atoms with Gasteiger partial charge in [0.05, 0.1) is 20.3 Å². The van der Waals surface area contributed by atoms with Crippen molar-refractivity contribution in [3.63, 3.8) is 0 Å². The predicted molar refractivity (Wildman–Crippen MR) is 147 cm³/mol. The van der Waals surface area contributed by atoms with E-state index in [1.165, 1.54) is 18.4 Å². The number of rotatable bonds is 9. The zero-order chi connectivity index (χ0) is 22.8. The van der Waals surface area contributed by atoms with E-state index < -0.39 is 0 Å². The Labute approximate surface area is 217 Å². The summed E-state index contributed by atoms with van der Waals surface area (Å²) in [6.45, 7) is 13.5. The van der Waals surface area contributed by atoms with E-state index in [0.29, 0.717) is 17.9 Å². The lowest BCUT2D eigenvalue weighted by molar-refractivity contribution is 0.00752. The van der Waals surface area contributed by atoms with E-state index in [-0.39, 0.29) is 24.0 Å². The summed E-state index contributed by atoms with van der Waals surface area (Å²) >= 11 is 0. The van der Waals surface area contributed by atoms with E-state index >= 15 is 0 Å². The molecule has 33 heavy (non-hydrogen) atoms. The number of aliphatic imine (C=N–C) groups is 1. The highest BCUT2D eigenvalue weighted by Crippen LogP contribution is 2.20. The van der Waals surface area contributed by atoms with Crippen LogP contribution in [0.25, 0.3) is 0 Å². The first kappa shape index (κ1) is 28.1. The Balaban J connectivity index is 0.00000385. The Morgan fingerprint density at radius 3 is 2.33 bits per heavy atom. The quantitative estimate of drug-likeness (QED) is 0.269. The molecule has 3 rings (SSSR count). The number of nitrogens with zero attached hydrogens (tertiary/aromatic N) is 3. The maximum atomic E-state index is 5.53. The largest absolute Gasteiger partial charge is 0.497 e. The third-order valence-electron chi connectivity index (χ3n) is 6.82. The number of guanidine groups is 1. The average Bonchev–Trinajstić information content (AvgIpc) is 2.83. The van der Waals surface area contributed by atoms with Gasteiger partial charge >= 0.3 is 0 Å². The summed E-state index contributed by atoms with van der Waals surface area (Å²) in [7, 11) is 3.58. The number of benzene rings is 1. The number of morpholine rings is 1. The second-order valence-corrected chi connectivity index (χ2v) is 9.36. The molecule has 7 nitrogen and oxygen atoms in total. The fraction of sp³-hybridized carbons (Fsp3) is 0.720. The van der Waals surface area contributed by atoms with Crippen molar-refractivity contribution in [1.29, 1.82) is 0 Å². The molecule has 2 aliphatic heterocycles. The molecule has 1 unspecified atom stereocenters. The zero-order valence-corrected chi connectivity index (χ0v) is 23.2. The molecular formula is C25H44IN5O2. The number of hydrogen-bond acceptors (Lipinski definition) is 5. The first-order valence-electron chi connectivity index (χ1n) is 12.2. The van der Waals surface area contributed by atoms with E-state index in [4.69, 9.17) is 9.47 Å². The summed E-state index contributed by atoms with van der Waals surface area (Å²) in [5.74, 6) is 3.13. The zero-order valence-electron chi connectivity index (χ0n) is 20.9. The van der Waals surface area contributed by atoms with E-state index in [0.717, 1.165) is 70.7 Å². The van der Waals surface area contributed by atoms with Crippen molar-refractivity contribution in [3.8, 4) is 5.75 Å². The Kier molecular flexibility index (Phi) is 12.8. The summed E-state index contributed by atoms with van der Waals surface area (Å²) in [5.41, 5.74) is 1.35. The third-order valence-corrected chi connectivity index (χ3v) is 6.82. The predicted octanol–water partition coefficient (Wildman–Crippen LogP) is 3.05. The summed E-state index contributed by atoms with van der Waals surface area (Å²) in [6.07, 6.45) is 2.45. The number of hydrogen-bond donors (Lipinski definition) is 2. The van der Waals surface area contributed by atoms with Gasteiger partial charge in [0, 0.05) is 45.8 Å². The molecule has 2 aliphatic rings. The van der Waals surface area contributed by atoms with Crippen molar-refractivity contribution in [2.45, 2.75) is 39.3 Å². The van der Waals surface area contributed by atoms with E-state index in [2.05, 4.69) is 51.4 Å². The van der Waals surface area contributed by atoms with Crippen LogP contribution in [0.2, 0.25) is 0 Å². The molecule has 1 aromatic carbocycles. The molecule has 2 fully saturated rings. The molecule has 0 aliphatic carbocycles. The molecule has 2 heterocycles. The minimum absolute atomic E-state index is 0. The van der Waals surface area contributed by atoms with E-state index in [1.54, 1.807) is 7.11 Å². The molecule has 8 heteroatoms. The molecule has 0 amide bonds. The molecule has 1 atom stereocenters. The molecule has 0 bridgehead atoms. The fourth-order valence-electron chi connectivity index (χ4n) is 4.70. The Hall–Kier alpha value is -1.10. The average molecular weight is 574 g/mol. The van der Waals surface area contributed by atoms with E-state index in [9.17, 15) is 0 Å². The van der Waals surface area contributed by atoms with Crippen LogP contribution in [0.15, 0.2) is 29.3 Å². The van der Waals surface area contributed by atoms with Gasteiger partial charge in [-0.2, -0.15) is 0 Å². The fourth-order valence-corrected chi connectivity index (χ4v) is 4.70. The minimum atomic E-state index is 0. The van der Waals surface area contributed by atoms with Crippen molar-refractivity contribution in [2.24, 2.45) is 16.8 Å². The topological polar surface area (TPSA) is 61.4 Å². The van der Waals surface area contributed by atoms with Gasteiger partial charge in [0.1, 0.15) is 5.75 Å². The molecule has 0 spiro atoms. The molecule has 0 saturated carbocycles. The number of halogens is 1. The first-order valence-corrected chi connectivity index (χ1v) is 12.2. The lowest BCUT2D eigenvalue weighted by Crippen LogP contribution is -2.53. The summed E-state index contributed by atoms with van der Waals surface area (Å²) in [6, 6.07) is 8.94. The smallest absolute Gasteiger partial charge is 0.191 e. The maximum absolute atomic E-state index is 5.53. The summed E-state index contributed by atoms with van der Waals surface area (Å²) < 4.78 is 10.8. The minimum Gasteiger partial charge on any atom is -0.497 e. The van der Waals surface area contributed by atoms with Crippen molar-refractivity contribution in [2.75, 3.05) is 66.6 Å². The Bertz CT molecular complexity index is 687. The highest BCUT2D eigenvalue weighted by atomic mass is 127.